The average Bonchev–Trinajstić information content (AvgIpc) is 2.02. The highest BCUT2D eigenvalue weighted by Crippen LogP contribution is 2.38. The Labute approximate surface area is 79.0 Å². The Hall–Kier alpha value is -0.790. The molecule has 0 atom stereocenters. The van der Waals surface area contributed by atoms with Crippen molar-refractivity contribution in [3.63, 3.8) is 0 Å². The molecule has 1 saturated carbocycles. The van der Waals surface area contributed by atoms with Crippen molar-refractivity contribution in [2.75, 3.05) is 0 Å². The lowest BCUT2D eigenvalue weighted by Crippen LogP contribution is -2.39. The van der Waals surface area contributed by atoms with Gasteiger partial charge in [-0.25, -0.2) is 4.79 Å². The van der Waals surface area contributed by atoms with Gasteiger partial charge in [-0.05, 0) is 32.6 Å². The Morgan fingerprint density at radius 1 is 1.31 bits per heavy atom. The average molecular weight is 180 g/mol. The van der Waals surface area contributed by atoms with Crippen molar-refractivity contribution in [2.45, 2.75) is 51.0 Å². The quantitative estimate of drug-likeness (QED) is 0.535. The van der Waals surface area contributed by atoms with Crippen LogP contribution < -0.4 is 0 Å². The zero-order valence-corrected chi connectivity index (χ0v) is 8.14. The van der Waals surface area contributed by atoms with Crippen LogP contribution in [0.15, 0.2) is 11.6 Å². The van der Waals surface area contributed by atoms with Crippen LogP contribution in [0.2, 0.25) is 0 Å². The van der Waals surface area contributed by atoms with Gasteiger partial charge in [0.05, 0.1) is 0 Å². The molecule has 1 spiro atoms. The van der Waals surface area contributed by atoms with Crippen LogP contribution in [0.5, 0.6) is 0 Å². The molecule has 1 aliphatic heterocycles. The summed E-state index contributed by atoms with van der Waals surface area (Å²) in [7, 11) is 0. The number of hydrogen-bond donors (Lipinski definition) is 0. The minimum absolute atomic E-state index is 0.117. The zero-order chi connectivity index (χ0) is 9.31. The molecule has 2 heteroatoms. The maximum absolute atomic E-state index is 11.2. The smallest absolute Gasteiger partial charge is 0.331 e. The maximum Gasteiger partial charge on any atom is 0.331 e. The van der Waals surface area contributed by atoms with E-state index in [-0.39, 0.29) is 11.6 Å². The van der Waals surface area contributed by atoms with E-state index in [1.807, 2.05) is 6.92 Å². The van der Waals surface area contributed by atoms with Crippen molar-refractivity contribution in [1.29, 1.82) is 0 Å². The monoisotopic (exact) mass is 180 g/mol. The molecule has 1 aliphatic carbocycles. The van der Waals surface area contributed by atoms with Crippen molar-refractivity contribution < 1.29 is 9.53 Å². The van der Waals surface area contributed by atoms with E-state index in [1.165, 1.54) is 24.8 Å². The van der Waals surface area contributed by atoms with Crippen LogP contribution in [0.25, 0.3) is 0 Å². The first-order chi connectivity index (χ1) is 6.20. The molecule has 0 unspecified atom stereocenters. The van der Waals surface area contributed by atoms with Gasteiger partial charge in [0.2, 0.25) is 0 Å². The van der Waals surface area contributed by atoms with E-state index in [0.29, 0.717) is 0 Å². The molecule has 0 bridgehead atoms. The molecule has 0 N–H and O–H groups in total. The molecule has 0 aromatic rings. The van der Waals surface area contributed by atoms with Gasteiger partial charge in [0.25, 0.3) is 0 Å². The summed E-state index contributed by atoms with van der Waals surface area (Å²) >= 11 is 0. The number of carbonyl (C=O) groups excluding carboxylic acids is 1. The minimum Gasteiger partial charge on any atom is -0.456 e. The first kappa shape index (κ1) is 8.79. The van der Waals surface area contributed by atoms with E-state index in [9.17, 15) is 4.79 Å². The van der Waals surface area contributed by atoms with E-state index in [1.54, 1.807) is 6.08 Å². The fourth-order valence-corrected chi connectivity index (χ4v) is 2.51. The SMILES string of the molecule is CC1=CC(=O)OC2(CCCCC2)C1. The van der Waals surface area contributed by atoms with E-state index < -0.39 is 0 Å². The molecule has 0 aromatic carbocycles. The zero-order valence-electron chi connectivity index (χ0n) is 8.14. The van der Waals surface area contributed by atoms with E-state index in [2.05, 4.69) is 0 Å². The summed E-state index contributed by atoms with van der Waals surface area (Å²) in [5.74, 6) is -0.134. The van der Waals surface area contributed by atoms with Gasteiger partial charge >= 0.3 is 5.97 Å². The molecule has 2 aliphatic rings. The highest BCUT2D eigenvalue weighted by molar-refractivity contribution is 5.84. The summed E-state index contributed by atoms with van der Waals surface area (Å²) in [5, 5.41) is 0. The Morgan fingerprint density at radius 2 is 2.00 bits per heavy atom. The summed E-state index contributed by atoms with van der Waals surface area (Å²) in [6, 6.07) is 0. The second-order valence-corrected chi connectivity index (χ2v) is 4.33. The van der Waals surface area contributed by atoms with Crippen molar-refractivity contribution >= 4 is 5.97 Å². The predicted octanol–water partition coefficient (Wildman–Crippen LogP) is 2.58. The third-order valence-electron chi connectivity index (χ3n) is 3.05. The van der Waals surface area contributed by atoms with Crippen molar-refractivity contribution in [1.82, 2.24) is 0 Å². The first-order valence-electron chi connectivity index (χ1n) is 5.10. The van der Waals surface area contributed by atoms with Crippen LogP contribution in [0.1, 0.15) is 45.4 Å². The Morgan fingerprint density at radius 3 is 2.62 bits per heavy atom. The number of rotatable bonds is 0. The summed E-state index contributed by atoms with van der Waals surface area (Å²) in [6.07, 6.45) is 8.41. The Bertz CT molecular complexity index is 247. The summed E-state index contributed by atoms with van der Waals surface area (Å²) in [5.41, 5.74) is 1.06. The van der Waals surface area contributed by atoms with E-state index in [0.717, 1.165) is 19.3 Å². The topological polar surface area (TPSA) is 26.3 Å². The third-order valence-corrected chi connectivity index (χ3v) is 3.05. The number of carbonyl (C=O) groups is 1. The number of esters is 1. The molecule has 1 fully saturated rings. The molecular formula is C11H16O2. The predicted molar refractivity (Wildman–Crippen MR) is 50.3 cm³/mol. The van der Waals surface area contributed by atoms with E-state index >= 15 is 0 Å². The molecule has 0 amide bonds. The van der Waals surface area contributed by atoms with Crippen molar-refractivity contribution in [3.8, 4) is 0 Å². The number of hydrogen-bond acceptors (Lipinski definition) is 2. The Balaban J connectivity index is 2.15. The third kappa shape index (κ3) is 1.77. The standard InChI is InChI=1S/C11H16O2/c1-9-7-10(12)13-11(8-9)5-3-2-4-6-11/h7H,2-6,8H2,1H3. The van der Waals surface area contributed by atoms with Gasteiger partial charge in [0.1, 0.15) is 5.60 Å². The van der Waals surface area contributed by atoms with Gasteiger partial charge in [0, 0.05) is 12.5 Å². The van der Waals surface area contributed by atoms with Crippen LogP contribution in [-0.2, 0) is 9.53 Å². The van der Waals surface area contributed by atoms with Gasteiger partial charge in [0.15, 0.2) is 0 Å². The van der Waals surface area contributed by atoms with Crippen molar-refractivity contribution in [3.05, 3.63) is 11.6 Å². The second-order valence-electron chi connectivity index (χ2n) is 4.33. The lowest BCUT2D eigenvalue weighted by molar-refractivity contribution is -0.159. The number of ether oxygens (including phenoxy) is 1. The second kappa shape index (κ2) is 3.17. The Kier molecular flexibility index (Phi) is 2.14. The fourth-order valence-electron chi connectivity index (χ4n) is 2.51. The summed E-state index contributed by atoms with van der Waals surface area (Å²) in [6.45, 7) is 2.02. The molecule has 0 aromatic heterocycles. The first-order valence-corrected chi connectivity index (χ1v) is 5.10. The highest BCUT2D eigenvalue weighted by Gasteiger charge is 2.37. The van der Waals surface area contributed by atoms with Gasteiger partial charge in [-0.3, -0.25) is 0 Å². The molecule has 2 nitrogen and oxygen atoms in total. The molecule has 72 valence electrons. The minimum atomic E-state index is -0.134. The van der Waals surface area contributed by atoms with Gasteiger partial charge in [-0.1, -0.05) is 12.0 Å². The van der Waals surface area contributed by atoms with Crippen LogP contribution in [-0.4, -0.2) is 11.6 Å². The van der Waals surface area contributed by atoms with Crippen LogP contribution in [0.3, 0.4) is 0 Å². The highest BCUT2D eigenvalue weighted by atomic mass is 16.6. The summed E-state index contributed by atoms with van der Waals surface area (Å²) < 4.78 is 5.47. The lowest BCUT2D eigenvalue weighted by Gasteiger charge is -2.39. The maximum atomic E-state index is 11.2. The van der Waals surface area contributed by atoms with Gasteiger partial charge < -0.3 is 4.74 Å². The van der Waals surface area contributed by atoms with E-state index in [4.69, 9.17) is 4.74 Å². The van der Waals surface area contributed by atoms with Gasteiger partial charge in [-0.15, -0.1) is 0 Å². The normalized spacial score (nSPS) is 26.8. The fraction of sp³-hybridized carbons (Fsp3) is 0.727. The van der Waals surface area contributed by atoms with Crippen LogP contribution in [0, 0.1) is 0 Å². The molecule has 13 heavy (non-hydrogen) atoms. The van der Waals surface area contributed by atoms with Crippen LogP contribution >= 0.6 is 0 Å². The molecule has 0 radical (unpaired) electrons. The van der Waals surface area contributed by atoms with Crippen LogP contribution in [0.4, 0.5) is 0 Å². The molecule has 2 rings (SSSR count). The van der Waals surface area contributed by atoms with Crippen molar-refractivity contribution in [2.24, 2.45) is 0 Å². The lowest BCUT2D eigenvalue weighted by atomic mass is 9.79. The molecule has 0 saturated heterocycles. The molecular weight excluding hydrogens is 164 g/mol. The molecule has 1 heterocycles. The van der Waals surface area contributed by atoms with Gasteiger partial charge in [-0.2, -0.15) is 0 Å². The largest absolute Gasteiger partial charge is 0.456 e. The summed E-state index contributed by atoms with van der Waals surface area (Å²) in [4.78, 5) is 11.2.